The van der Waals surface area contributed by atoms with Gasteiger partial charge in [0.25, 0.3) is 23.6 Å². The molecule has 0 bridgehead atoms. The fourth-order valence-electron chi connectivity index (χ4n) is 10.5. The van der Waals surface area contributed by atoms with Crippen molar-refractivity contribution in [3.05, 3.63) is 98.6 Å². The standard InChI is InChI=1S/C82H119N5O36/c1-95-12-18-106-24-30-112-36-42-118-70-55-75(121-45-39-115-33-27-109-21-15-98-4)65(85-78(88)58-49-64(74(104-10)54-68(58)101-7)84-81(91)61-52-67(87(93)94)77(123-47-41-117-35-29-111-23-17-100-6)57-71(61)119-43-37-113-31-25-107-19-13-96-2)50-60(70)80(90)83-63-48-59(69(102-8)53-73(63)103-9)79(89)86-66-51-62(82(92)105-11)72(120-44-38-114-32-26-108-20-14-97-3)56-76(66)122-46-40-116-34-28-110-22-16-99-5/h48-57H,12-47H2,1-11H3,(H,83,90)(H,84,91)(H,85,88)(H,86,89). The van der Waals surface area contributed by atoms with Gasteiger partial charge < -0.3 is 159 Å². The van der Waals surface area contributed by atoms with Crippen molar-refractivity contribution in [2.75, 3.05) is 337 Å². The number of anilines is 4. The lowest BCUT2D eigenvalue weighted by atomic mass is 10.1. The summed E-state index contributed by atoms with van der Waals surface area (Å²) in [4.78, 5) is 86.1. The molecule has 41 heteroatoms. The molecular weight excluding hydrogens is 1630 g/mol. The van der Waals surface area contributed by atoms with Crippen LogP contribution in [0.15, 0.2) is 60.7 Å². The van der Waals surface area contributed by atoms with Crippen LogP contribution in [0.1, 0.15) is 51.8 Å². The molecule has 0 aliphatic carbocycles. The van der Waals surface area contributed by atoms with Gasteiger partial charge in [-0.2, -0.15) is 0 Å². The molecule has 5 aromatic rings. The van der Waals surface area contributed by atoms with Gasteiger partial charge in [-0.25, -0.2) is 4.79 Å². The summed E-state index contributed by atoms with van der Waals surface area (Å²) < 4.78 is 163. The summed E-state index contributed by atoms with van der Waals surface area (Å²) in [6.45, 7) is 6.48. The summed E-state index contributed by atoms with van der Waals surface area (Å²) in [5.74, 6) is -5.25. The molecule has 4 amide bonds. The van der Waals surface area contributed by atoms with Crippen LogP contribution >= 0.6 is 0 Å². The monoisotopic (exact) mass is 1750 g/mol. The molecular formula is C82H119N5O36. The van der Waals surface area contributed by atoms with Crippen LogP contribution in [0.4, 0.5) is 28.4 Å². The average Bonchev–Trinajstić information content (AvgIpc) is 0.792. The van der Waals surface area contributed by atoms with E-state index in [1.807, 2.05) is 0 Å². The summed E-state index contributed by atoms with van der Waals surface area (Å²) in [6.07, 6.45) is 0. The minimum atomic E-state index is -0.972. The fraction of sp³-hybridized carbons (Fsp3) is 0.573. The van der Waals surface area contributed by atoms with E-state index in [2.05, 4.69) is 21.3 Å². The number of nitro benzene ring substituents is 1. The molecule has 0 unspecified atom stereocenters. The molecule has 0 atom stereocenters. The average molecular weight is 1750 g/mol. The predicted molar refractivity (Wildman–Crippen MR) is 442 cm³/mol. The van der Waals surface area contributed by atoms with Crippen LogP contribution in [0.25, 0.3) is 0 Å². The Morgan fingerprint density at radius 1 is 0.236 bits per heavy atom. The lowest BCUT2D eigenvalue weighted by Crippen LogP contribution is -2.20. The molecule has 0 radical (unpaired) electrons. The van der Waals surface area contributed by atoms with Crippen LogP contribution in [0.5, 0.6) is 57.5 Å². The number of carbonyl (C=O) groups is 5. The SMILES string of the molecule is COCCOCCOCCOc1cc(OCCOCCOCCOC)c(C(=O)Nc2cc(C(=O)Nc3cc(C(=O)OC)c(OCCOCCOCCOC)cc3OCCOCCOCCOC)c(OC)cc2OC)cc1NC(=O)c1cc(NC(=O)c2cc([N+](=O)[O-])c(OCCOCCOCCOC)cc2OCCOCCOCCOC)c(OC)cc1OC. The maximum absolute atomic E-state index is 15.4. The highest BCUT2D eigenvalue weighted by Crippen LogP contribution is 2.42. The van der Waals surface area contributed by atoms with Crippen molar-refractivity contribution in [2.45, 2.75) is 0 Å². The first kappa shape index (κ1) is 104. The second-order valence-electron chi connectivity index (χ2n) is 25.0. The number of ether oxygens (including phenoxy) is 29. The van der Waals surface area contributed by atoms with Gasteiger partial charge in [0.15, 0.2) is 0 Å². The van der Waals surface area contributed by atoms with Crippen molar-refractivity contribution in [3.63, 3.8) is 0 Å². The van der Waals surface area contributed by atoms with E-state index in [-0.39, 0.29) is 260 Å². The summed E-state index contributed by atoms with van der Waals surface area (Å²) in [5, 5.41) is 24.0. The van der Waals surface area contributed by atoms with E-state index in [4.69, 9.17) is 137 Å². The van der Waals surface area contributed by atoms with Gasteiger partial charge in [-0.3, -0.25) is 29.3 Å². The first-order chi connectivity index (χ1) is 60.1. The highest BCUT2D eigenvalue weighted by Gasteiger charge is 2.30. The highest BCUT2D eigenvalue weighted by molar-refractivity contribution is 6.14. The number of carbonyl (C=O) groups excluding carboxylic acids is 5. The molecule has 0 fully saturated rings. The van der Waals surface area contributed by atoms with Crippen molar-refractivity contribution in [2.24, 2.45) is 0 Å². The largest absolute Gasteiger partial charge is 0.496 e. The lowest BCUT2D eigenvalue weighted by Gasteiger charge is -2.20. The highest BCUT2D eigenvalue weighted by atomic mass is 16.6. The number of rotatable bonds is 74. The van der Waals surface area contributed by atoms with Gasteiger partial charge >= 0.3 is 11.7 Å². The number of benzene rings is 5. The molecule has 4 N–H and O–H groups in total. The minimum absolute atomic E-state index is 0.00454. The van der Waals surface area contributed by atoms with E-state index < -0.39 is 40.2 Å². The maximum atomic E-state index is 15.4. The molecule has 0 spiro atoms. The summed E-state index contributed by atoms with van der Waals surface area (Å²) >= 11 is 0. The number of hydrogen-bond acceptors (Lipinski definition) is 36. The molecule has 5 rings (SSSR count). The fourth-order valence-corrected chi connectivity index (χ4v) is 10.5. The zero-order valence-electron chi connectivity index (χ0n) is 71.9. The van der Waals surface area contributed by atoms with Crippen LogP contribution in [0.3, 0.4) is 0 Å². The Labute approximate surface area is 715 Å². The Morgan fingerprint density at radius 3 is 0.683 bits per heavy atom. The molecule has 41 nitrogen and oxygen atoms in total. The number of amides is 4. The van der Waals surface area contributed by atoms with Gasteiger partial charge in [-0.15, -0.1) is 0 Å². The first-order valence-electron chi connectivity index (χ1n) is 39.3. The van der Waals surface area contributed by atoms with Crippen LogP contribution in [-0.4, -0.2) is 351 Å². The number of methoxy groups -OCH3 is 11. The van der Waals surface area contributed by atoms with Crippen molar-refractivity contribution >= 4 is 58.0 Å². The molecule has 123 heavy (non-hydrogen) atoms. The number of nitrogens with one attached hydrogen (secondary N) is 4. The Hall–Kier alpha value is -9.87. The van der Waals surface area contributed by atoms with Crippen LogP contribution < -0.4 is 68.6 Å². The number of nitro groups is 1. The van der Waals surface area contributed by atoms with E-state index in [0.29, 0.717) is 85.9 Å². The molecule has 0 aliphatic heterocycles. The van der Waals surface area contributed by atoms with Gasteiger partial charge in [-0.1, -0.05) is 0 Å². The molecule has 0 aliphatic rings. The maximum Gasteiger partial charge on any atom is 0.341 e. The van der Waals surface area contributed by atoms with Gasteiger partial charge in [0.2, 0.25) is 5.75 Å². The van der Waals surface area contributed by atoms with E-state index in [1.54, 1.807) is 42.7 Å². The third-order valence-corrected chi connectivity index (χ3v) is 16.6. The normalized spacial score (nSPS) is 11.1. The lowest BCUT2D eigenvalue weighted by molar-refractivity contribution is -0.385. The Morgan fingerprint density at radius 2 is 0.431 bits per heavy atom. The second-order valence-corrected chi connectivity index (χ2v) is 25.0. The molecule has 688 valence electrons. The van der Waals surface area contributed by atoms with E-state index in [9.17, 15) is 24.5 Å². The van der Waals surface area contributed by atoms with Crippen molar-refractivity contribution in [3.8, 4) is 57.5 Å². The van der Waals surface area contributed by atoms with E-state index >= 15 is 9.59 Å². The Kier molecular flexibility index (Phi) is 53.9. The van der Waals surface area contributed by atoms with Gasteiger partial charge in [-0.05, 0) is 24.3 Å². The minimum Gasteiger partial charge on any atom is -0.496 e. The smallest absolute Gasteiger partial charge is 0.341 e. The predicted octanol–water partition coefficient (Wildman–Crippen LogP) is 6.78. The van der Waals surface area contributed by atoms with Crippen molar-refractivity contribution < 1.29 is 166 Å². The zero-order chi connectivity index (χ0) is 88.9. The summed E-state index contributed by atoms with van der Waals surface area (Å²) in [7, 11) is 15.7. The second kappa shape index (κ2) is 64.0. The van der Waals surface area contributed by atoms with Crippen LogP contribution in [0, 0.1) is 10.1 Å². The first-order valence-corrected chi connectivity index (χ1v) is 39.3. The number of hydrogen-bond donors (Lipinski definition) is 4. The quantitative estimate of drug-likeness (QED) is 0.0135. The third-order valence-electron chi connectivity index (χ3n) is 16.6. The Balaban J connectivity index is 1.60. The van der Waals surface area contributed by atoms with Gasteiger partial charge in [0.05, 0.1) is 284 Å². The number of nitrogens with zero attached hydrogens (tertiary/aromatic N) is 1. The van der Waals surface area contributed by atoms with Crippen LogP contribution in [0.2, 0.25) is 0 Å². The molecule has 0 aromatic heterocycles. The van der Waals surface area contributed by atoms with Crippen molar-refractivity contribution in [1.29, 1.82) is 0 Å². The molecule has 0 heterocycles. The van der Waals surface area contributed by atoms with E-state index in [0.717, 1.165) is 6.07 Å². The van der Waals surface area contributed by atoms with Crippen molar-refractivity contribution in [1.82, 2.24) is 0 Å². The van der Waals surface area contributed by atoms with E-state index in [1.165, 1.54) is 90.1 Å². The molecule has 5 aromatic carbocycles. The Bertz CT molecular complexity index is 3880. The van der Waals surface area contributed by atoms with Gasteiger partial charge in [0, 0.05) is 79.1 Å². The zero-order valence-corrected chi connectivity index (χ0v) is 71.9. The summed E-state index contributed by atoms with van der Waals surface area (Å²) in [5.41, 5.74) is -2.19. The topological polar surface area (TPSA) is 444 Å². The molecule has 0 saturated heterocycles. The summed E-state index contributed by atoms with van der Waals surface area (Å²) in [6, 6.07) is 12.6. The third kappa shape index (κ3) is 39.3. The molecule has 0 saturated carbocycles. The number of esters is 1. The van der Waals surface area contributed by atoms with Gasteiger partial charge in [0.1, 0.15) is 97.0 Å². The van der Waals surface area contributed by atoms with Crippen LogP contribution in [-0.2, 0) is 90.0 Å².